The molecule has 0 saturated carbocycles. The lowest BCUT2D eigenvalue weighted by Crippen LogP contribution is -2.64. The van der Waals surface area contributed by atoms with Crippen molar-refractivity contribution in [1.29, 1.82) is 0 Å². The molecular weight excluding hydrogens is 380 g/mol. The van der Waals surface area contributed by atoms with E-state index in [4.69, 9.17) is 14.2 Å². The maximum atomic E-state index is 12.1. The fourth-order valence-corrected chi connectivity index (χ4v) is 3.10. The van der Waals surface area contributed by atoms with Crippen molar-refractivity contribution in [1.82, 2.24) is 0 Å². The zero-order valence-corrected chi connectivity index (χ0v) is 14.2. The Labute approximate surface area is 157 Å². The van der Waals surface area contributed by atoms with Crippen molar-refractivity contribution in [2.45, 2.75) is 36.3 Å². The van der Waals surface area contributed by atoms with Crippen LogP contribution in [0.1, 0.15) is 5.56 Å². The van der Waals surface area contributed by atoms with Gasteiger partial charge < -0.3 is 44.8 Å². The first kappa shape index (κ1) is 20.0. The minimum absolute atomic E-state index is 0.339. The quantitative estimate of drug-likeness (QED) is 0.189. The number of phenolic OH excluding ortho intramolecular Hbond substituents is 2. The Kier molecular flexibility index (Phi) is 5.28. The van der Waals surface area contributed by atoms with Crippen molar-refractivity contribution in [2.75, 3.05) is 6.61 Å². The number of aromatic hydroxyl groups is 2. The highest BCUT2D eigenvalue weighted by Gasteiger charge is 2.68. The number of carbonyl (C=O) groups excluding carboxylic acids is 1. The minimum Gasteiger partial charge on any atom is -0.504 e. The van der Waals surface area contributed by atoms with Gasteiger partial charge in [-0.2, -0.15) is 0 Å². The van der Waals surface area contributed by atoms with E-state index in [0.29, 0.717) is 5.56 Å². The molecule has 2 aliphatic rings. The number of phenols is 2. The molecule has 0 aromatic heterocycles. The number of aliphatic carboxylic acids is 1. The first-order chi connectivity index (χ1) is 13.2. The number of carbonyl (C=O) groups is 2. The fourth-order valence-electron chi connectivity index (χ4n) is 3.10. The summed E-state index contributed by atoms with van der Waals surface area (Å²) in [6, 6.07) is 3.78. The van der Waals surface area contributed by atoms with Crippen LogP contribution in [0.4, 0.5) is 0 Å². The average Bonchev–Trinajstić information content (AvgIpc) is 3.03. The van der Waals surface area contributed by atoms with Gasteiger partial charge in [0.15, 0.2) is 23.7 Å². The second-order valence-corrected chi connectivity index (χ2v) is 6.31. The standard InChI is InChI=1S/C17H18O11/c18-6-10-13-12(22)14(15(23)17(27-10,28-13)16(24)25)26-11(21)4-2-7-1-3-8(19)9(20)5-7/h1-5,10,12-15,18-20,22-23H,6H2,(H,24,25)/b4-2+/t10-,12+,13+,14+,15-,17+/m1/s1. The van der Waals surface area contributed by atoms with Crippen molar-refractivity contribution in [2.24, 2.45) is 0 Å². The summed E-state index contributed by atoms with van der Waals surface area (Å²) in [4.78, 5) is 23.6. The van der Waals surface area contributed by atoms with Crippen LogP contribution in [-0.4, -0.2) is 85.5 Å². The van der Waals surface area contributed by atoms with Gasteiger partial charge in [-0.3, -0.25) is 0 Å². The Morgan fingerprint density at radius 2 is 1.89 bits per heavy atom. The third-order valence-electron chi connectivity index (χ3n) is 4.52. The fraction of sp³-hybridized carbons (Fsp3) is 0.412. The van der Waals surface area contributed by atoms with Crippen LogP contribution in [0.2, 0.25) is 0 Å². The summed E-state index contributed by atoms with van der Waals surface area (Å²) in [6.45, 7) is -0.686. The van der Waals surface area contributed by atoms with Crippen molar-refractivity contribution < 1.29 is 54.4 Å². The van der Waals surface area contributed by atoms with Crippen LogP contribution in [-0.2, 0) is 23.8 Å². The highest BCUT2D eigenvalue weighted by atomic mass is 16.8. The van der Waals surface area contributed by atoms with E-state index in [0.717, 1.165) is 6.08 Å². The highest BCUT2D eigenvalue weighted by Crippen LogP contribution is 2.42. The first-order valence-corrected chi connectivity index (χ1v) is 8.16. The van der Waals surface area contributed by atoms with Crippen molar-refractivity contribution in [3.05, 3.63) is 29.8 Å². The first-order valence-electron chi connectivity index (χ1n) is 8.16. The van der Waals surface area contributed by atoms with Crippen LogP contribution in [0.5, 0.6) is 11.5 Å². The van der Waals surface area contributed by atoms with Gasteiger partial charge in [-0.25, -0.2) is 9.59 Å². The molecule has 6 N–H and O–H groups in total. The normalized spacial score (nSPS) is 34.5. The Morgan fingerprint density at radius 3 is 2.50 bits per heavy atom. The molecule has 0 unspecified atom stereocenters. The number of carboxylic acids is 1. The topological polar surface area (TPSA) is 183 Å². The molecule has 11 heteroatoms. The second-order valence-electron chi connectivity index (χ2n) is 6.31. The molecule has 2 fully saturated rings. The summed E-state index contributed by atoms with van der Waals surface area (Å²) in [7, 11) is 0. The number of carboxylic acid groups (broad SMARTS) is 1. The molecule has 2 heterocycles. The molecule has 6 atom stereocenters. The van der Waals surface area contributed by atoms with Gasteiger partial charge in [0.05, 0.1) is 6.61 Å². The molecule has 0 radical (unpaired) electrons. The number of ether oxygens (including phenoxy) is 3. The Balaban J connectivity index is 1.77. The van der Waals surface area contributed by atoms with E-state index in [1.807, 2.05) is 0 Å². The van der Waals surface area contributed by atoms with E-state index in [2.05, 4.69) is 0 Å². The van der Waals surface area contributed by atoms with E-state index >= 15 is 0 Å². The van der Waals surface area contributed by atoms with E-state index in [9.17, 15) is 40.2 Å². The van der Waals surface area contributed by atoms with Gasteiger partial charge in [-0.1, -0.05) is 6.07 Å². The monoisotopic (exact) mass is 398 g/mol. The second kappa shape index (κ2) is 7.37. The molecule has 2 saturated heterocycles. The zero-order valence-electron chi connectivity index (χ0n) is 14.2. The van der Waals surface area contributed by atoms with Gasteiger partial charge in [-0.15, -0.1) is 0 Å². The number of rotatable bonds is 5. The Bertz CT molecular complexity index is 802. The van der Waals surface area contributed by atoms with Crippen LogP contribution in [0.15, 0.2) is 24.3 Å². The Morgan fingerprint density at radius 1 is 1.18 bits per heavy atom. The van der Waals surface area contributed by atoms with Crippen molar-refractivity contribution >= 4 is 18.0 Å². The molecule has 2 aliphatic heterocycles. The summed E-state index contributed by atoms with van der Waals surface area (Å²) in [6.07, 6.45) is -5.84. The molecule has 0 amide bonds. The smallest absolute Gasteiger partial charge is 0.367 e. The van der Waals surface area contributed by atoms with E-state index in [-0.39, 0.29) is 5.75 Å². The summed E-state index contributed by atoms with van der Waals surface area (Å²) in [5.41, 5.74) is 0.339. The molecule has 3 rings (SSSR count). The maximum absolute atomic E-state index is 12.1. The SMILES string of the molecule is O=C(/C=C/c1ccc(O)c(O)c1)O[C@H]1[C@@H](O)[C@H]2O[C@@](C(=O)O)(O[C@@H]2CO)[C@@H]1O. The van der Waals surface area contributed by atoms with Crippen LogP contribution in [0.25, 0.3) is 6.08 Å². The van der Waals surface area contributed by atoms with E-state index in [1.165, 1.54) is 24.3 Å². The molecule has 1 aromatic rings. The predicted molar refractivity (Wildman–Crippen MR) is 87.9 cm³/mol. The van der Waals surface area contributed by atoms with Gasteiger partial charge in [0.25, 0.3) is 0 Å². The summed E-state index contributed by atoms with van der Waals surface area (Å²) >= 11 is 0. The van der Waals surface area contributed by atoms with Gasteiger partial charge in [0.1, 0.15) is 18.3 Å². The zero-order chi connectivity index (χ0) is 20.6. The minimum atomic E-state index is -2.59. The molecule has 28 heavy (non-hydrogen) atoms. The lowest BCUT2D eigenvalue weighted by Gasteiger charge is -2.39. The number of hydrogen-bond donors (Lipinski definition) is 6. The Hall–Kier alpha value is -2.70. The van der Waals surface area contributed by atoms with E-state index in [1.54, 1.807) is 0 Å². The predicted octanol–water partition coefficient (Wildman–Crippen LogP) is -1.68. The summed E-state index contributed by atoms with van der Waals surface area (Å²) in [5, 5.41) is 57.9. The van der Waals surface area contributed by atoms with Gasteiger partial charge in [0, 0.05) is 6.08 Å². The van der Waals surface area contributed by atoms with Gasteiger partial charge >= 0.3 is 17.7 Å². The van der Waals surface area contributed by atoms with Crippen molar-refractivity contribution in [3.63, 3.8) is 0 Å². The number of fused-ring (bicyclic) bond motifs is 2. The van der Waals surface area contributed by atoms with Crippen molar-refractivity contribution in [3.8, 4) is 11.5 Å². The van der Waals surface area contributed by atoms with Gasteiger partial charge in [0.2, 0.25) is 0 Å². The van der Waals surface area contributed by atoms with Crippen LogP contribution >= 0.6 is 0 Å². The third kappa shape index (κ3) is 3.30. The molecule has 1 aromatic carbocycles. The van der Waals surface area contributed by atoms with Gasteiger partial charge in [-0.05, 0) is 23.8 Å². The average molecular weight is 398 g/mol. The van der Waals surface area contributed by atoms with Crippen LogP contribution in [0, 0.1) is 0 Å². The highest BCUT2D eigenvalue weighted by molar-refractivity contribution is 5.87. The molecule has 11 nitrogen and oxygen atoms in total. The molecule has 0 spiro atoms. The van der Waals surface area contributed by atoms with E-state index < -0.39 is 60.6 Å². The van der Waals surface area contributed by atoms with Crippen LogP contribution < -0.4 is 0 Å². The third-order valence-corrected chi connectivity index (χ3v) is 4.52. The molecule has 152 valence electrons. The summed E-state index contributed by atoms with van der Waals surface area (Å²) in [5.74, 6) is -6.07. The molecular formula is C17H18O11. The van der Waals surface area contributed by atoms with Crippen LogP contribution in [0.3, 0.4) is 0 Å². The number of benzene rings is 1. The number of esters is 1. The lowest BCUT2D eigenvalue weighted by atomic mass is 9.93. The largest absolute Gasteiger partial charge is 0.504 e. The number of aliphatic hydroxyl groups is 3. The lowest BCUT2D eigenvalue weighted by molar-refractivity contribution is -0.291. The molecule has 0 aliphatic carbocycles. The number of aliphatic hydroxyl groups excluding tert-OH is 3. The maximum Gasteiger partial charge on any atom is 0.367 e. The molecule has 2 bridgehead atoms. The summed E-state index contributed by atoms with van der Waals surface area (Å²) < 4.78 is 15.2. The number of hydrogen-bond acceptors (Lipinski definition) is 10.